The minimum Gasteiger partial charge on any atom is -0.325 e. The fourth-order valence-electron chi connectivity index (χ4n) is 2.31. The molecule has 1 aliphatic heterocycles. The quantitative estimate of drug-likeness (QED) is 0.781. The summed E-state index contributed by atoms with van der Waals surface area (Å²) in [5.41, 5.74) is 0. The lowest BCUT2D eigenvalue weighted by atomic mass is 10.0. The summed E-state index contributed by atoms with van der Waals surface area (Å²) in [6, 6.07) is 0.543. The molecule has 0 aromatic carbocycles. The number of nitrogens with zero attached hydrogens (tertiary/aromatic N) is 2. The van der Waals surface area contributed by atoms with Crippen molar-refractivity contribution in [2.75, 3.05) is 20.1 Å². The van der Waals surface area contributed by atoms with E-state index >= 15 is 0 Å². The van der Waals surface area contributed by atoms with E-state index in [1.165, 1.54) is 0 Å². The Kier molecular flexibility index (Phi) is 5.60. The Morgan fingerprint density at radius 3 is 2.44 bits per heavy atom. The van der Waals surface area contributed by atoms with Crippen molar-refractivity contribution in [3.05, 3.63) is 0 Å². The van der Waals surface area contributed by atoms with Crippen molar-refractivity contribution in [3.63, 3.8) is 0 Å². The molecule has 1 aliphatic rings. The average molecular weight is 255 g/mol. The molecule has 2 unspecified atom stereocenters. The van der Waals surface area contributed by atoms with Crippen LogP contribution in [0.2, 0.25) is 0 Å². The summed E-state index contributed by atoms with van der Waals surface area (Å²) in [7, 11) is 2.11. The number of amides is 1. The van der Waals surface area contributed by atoms with Crippen LogP contribution in [0.4, 0.5) is 0 Å². The molecule has 2 atom stereocenters. The van der Waals surface area contributed by atoms with Crippen LogP contribution in [0.25, 0.3) is 0 Å². The van der Waals surface area contributed by atoms with Crippen LogP contribution in [0, 0.1) is 5.92 Å². The van der Waals surface area contributed by atoms with Gasteiger partial charge in [-0.3, -0.25) is 10.1 Å². The van der Waals surface area contributed by atoms with Crippen LogP contribution in [-0.4, -0.2) is 54.1 Å². The molecule has 0 saturated carbocycles. The van der Waals surface area contributed by atoms with E-state index in [1.54, 1.807) is 0 Å². The zero-order chi connectivity index (χ0) is 13.9. The van der Waals surface area contributed by atoms with E-state index in [1.807, 2.05) is 4.90 Å². The highest BCUT2D eigenvalue weighted by Crippen LogP contribution is 2.16. The summed E-state index contributed by atoms with van der Waals surface area (Å²) in [5, 5.41) is 3.40. The zero-order valence-corrected chi connectivity index (χ0v) is 12.7. The lowest BCUT2D eigenvalue weighted by Gasteiger charge is -2.26. The van der Waals surface area contributed by atoms with Crippen molar-refractivity contribution in [2.24, 2.45) is 5.92 Å². The topological polar surface area (TPSA) is 35.6 Å². The van der Waals surface area contributed by atoms with Gasteiger partial charge in [0.1, 0.15) is 0 Å². The van der Waals surface area contributed by atoms with E-state index < -0.39 is 0 Å². The molecule has 4 nitrogen and oxygen atoms in total. The summed E-state index contributed by atoms with van der Waals surface area (Å²) in [5.74, 6) is 0.824. The van der Waals surface area contributed by atoms with Gasteiger partial charge in [-0.05, 0) is 40.2 Å². The lowest BCUT2D eigenvalue weighted by molar-refractivity contribution is -0.130. The van der Waals surface area contributed by atoms with Crippen LogP contribution in [0.3, 0.4) is 0 Å². The molecule has 4 heteroatoms. The van der Waals surface area contributed by atoms with Gasteiger partial charge in [0, 0.05) is 19.1 Å². The van der Waals surface area contributed by atoms with E-state index in [4.69, 9.17) is 0 Å². The van der Waals surface area contributed by atoms with Gasteiger partial charge < -0.3 is 9.80 Å². The zero-order valence-electron chi connectivity index (χ0n) is 12.7. The summed E-state index contributed by atoms with van der Waals surface area (Å²) in [4.78, 5) is 16.5. The average Bonchev–Trinajstić information content (AvgIpc) is 2.50. The van der Waals surface area contributed by atoms with Gasteiger partial charge in [-0.2, -0.15) is 0 Å². The van der Waals surface area contributed by atoms with E-state index in [0.717, 1.165) is 19.5 Å². The molecule has 1 fully saturated rings. The highest BCUT2D eigenvalue weighted by atomic mass is 16.2. The third-order valence-electron chi connectivity index (χ3n) is 3.77. The molecular weight excluding hydrogens is 226 g/mol. The van der Waals surface area contributed by atoms with E-state index in [9.17, 15) is 4.79 Å². The predicted octanol–water partition coefficient (Wildman–Crippen LogP) is 1.52. The molecule has 0 spiro atoms. The number of hydrogen-bond donors (Lipinski definition) is 1. The minimum atomic E-state index is 0.0179. The van der Waals surface area contributed by atoms with Gasteiger partial charge in [-0.1, -0.05) is 13.8 Å². The first-order valence-electron chi connectivity index (χ1n) is 7.09. The maximum absolute atomic E-state index is 12.3. The van der Waals surface area contributed by atoms with Crippen molar-refractivity contribution in [2.45, 2.75) is 59.3 Å². The summed E-state index contributed by atoms with van der Waals surface area (Å²) < 4.78 is 0. The molecular formula is C14H29N3O. The van der Waals surface area contributed by atoms with Crippen LogP contribution >= 0.6 is 0 Å². The van der Waals surface area contributed by atoms with Crippen LogP contribution in [0.1, 0.15) is 41.0 Å². The van der Waals surface area contributed by atoms with Crippen molar-refractivity contribution in [3.8, 4) is 0 Å². The largest absolute Gasteiger partial charge is 0.325 e. The summed E-state index contributed by atoms with van der Waals surface area (Å²) in [6.07, 6.45) is 1.10. The second kappa shape index (κ2) is 6.53. The maximum atomic E-state index is 12.3. The SMILES string of the molecule is CC(C)CC1NC(C)N(CCN(C)C(C)C)C1=O. The fraction of sp³-hybridized carbons (Fsp3) is 0.929. The Morgan fingerprint density at radius 2 is 1.94 bits per heavy atom. The molecule has 1 N–H and O–H groups in total. The normalized spacial score (nSPS) is 24.9. The van der Waals surface area contributed by atoms with E-state index in [0.29, 0.717) is 12.0 Å². The molecule has 1 rings (SSSR count). The first kappa shape index (κ1) is 15.4. The molecule has 18 heavy (non-hydrogen) atoms. The van der Waals surface area contributed by atoms with Gasteiger partial charge in [0.2, 0.25) is 5.91 Å². The number of rotatable bonds is 6. The number of likely N-dealkylation sites (N-methyl/N-ethyl adjacent to an activating group) is 1. The number of hydrogen-bond acceptors (Lipinski definition) is 3. The van der Waals surface area contributed by atoms with E-state index in [-0.39, 0.29) is 18.1 Å². The smallest absolute Gasteiger partial charge is 0.241 e. The Labute approximate surface area is 112 Å². The van der Waals surface area contributed by atoms with Gasteiger partial charge in [-0.15, -0.1) is 0 Å². The number of carbonyl (C=O) groups is 1. The van der Waals surface area contributed by atoms with Crippen LogP contribution in [0.5, 0.6) is 0 Å². The minimum absolute atomic E-state index is 0.0179. The van der Waals surface area contributed by atoms with Crippen molar-refractivity contribution < 1.29 is 4.79 Å². The number of carbonyl (C=O) groups excluding carboxylic acids is 1. The number of nitrogens with one attached hydrogen (secondary N) is 1. The maximum Gasteiger partial charge on any atom is 0.241 e. The predicted molar refractivity (Wildman–Crippen MR) is 75.3 cm³/mol. The lowest BCUT2D eigenvalue weighted by Crippen LogP contribution is -2.41. The van der Waals surface area contributed by atoms with E-state index in [2.05, 4.69) is 51.9 Å². The van der Waals surface area contributed by atoms with Gasteiger partial charge in [0.15, 0.2) is 0 Å². The monoisotopic (exact) mass is 255 g/mol. The molecule has 0 radical (unpaired) electrons. The highest BCUT2D eigenvalue weighted by Gasteiger charge is 2.36. The molecule has 1 saturated heterocycles. The Balaban J connectivity index is 2.49. The third kappa shape index (κ3) is 3.95. The summed E-state index contributed by atoms with van der Waals surface area (Å²) >= 11 is 0. The molecule has 1 heterocycles. The van der Waals surface area contributed by atoms with Gasteiger partial charge in [0.25, 0.3) is 0 Å². The second-order valence-corrected chi connectivity index (χ2v) is 6.13. The molecule has 1 amide bonds. The van der Waals surface area contributed by atoms with Gasteiger partial charge >= 0.3 is 0 Å². The molecule has 0 aromatic heterocycles. The van der Waals surface area contributed by atoms with Crippen molar-refractivity contribution in [1.29, 1.82) is 0 Å². The van der Waals surface area contributed by atoms with Crippen LogP contribution in [-0.2, 0) is 4.79 Å². The molecule has 0 aromatic rings. The third-order valence-corrected chi connectivity index (χ3v) is 3.77. The Bertz CT molecular complexity index is 278. The molecule has 0 aliphatic carbocycles. The van der Waals surface area contributed by atoms with Gasteiger partial charge in [-0.25, -0.2) is 0 Å². The Morgan fingerprint density at radius 1 is 1.33 bits per heavy atom. The fourth-order valence-corrected chi connectivity index (χ4v) is 2.31. The summed E-state index contributed by atoms with van der Waals surface area (Å²) in [6.45, 7) is 12.5. The van der Waals surface area contributed by atoms with Crippen LogP contribution < -0.4 is 5.32 Å². The molecule has 0 bridgehead atoms. The van der Waals surface area contributed by atoms with Crippen molar-refractivity contribution >= 4 is 5.91 Å². The second-order valence-electron chi connectivity index (χ2n) is 6.13. The van der Waals surface area contributed by atoms with Crippen LogP contribution in [0.15, 0.2) is 0 Å². The Hall–Kier alpha value is -0.610. The van der Waals surface area contributed by atoms with Crippen molar-refractivity contribution in [1.82, 2.24) is 15.1 Å². The first-order chi connectivity index (χ1) is 8.32. The highest BCUT2D eigenvalue weighted by molar-refractivity contribution is 5.84. The molecule has 106 valence electrons. The van der Waals surface area contributed by atoms with Gasteiger partial charge in [0.05, 0.1) is 12.2 Å². The standard InChI is InChI=1S/C14H29N3O/c1-10(2)9-13-14(18)17(12(5)15-13)8-7-16(6)11(3)4/h10-13,15H,7-9H2,1-6H3. The first-order valence-corrected chi connectivity index (χ1v) is 7.09.